The third kappa shape index (κ3) is 1.24. The lowest BCUT2D eigenvalue weighted by Gasteiger charge is -2.32. The Balaban J connectivity index is 2.46. The first-order valence-electron chi connectivity index (χ1n) is 5.72. The molecule has 0 radical (unpaired) electrons. The molecule has 0 spiro atoms. The highest BCUT2D eigenvalue weighted by atomic mass is 32.2. The lowest BCUT2D eigenvalue weighted by atomic mass is 9.75. The minimum Gasteiger partial charge on any atom is -0.297 e. The van der Waals surface area contributed by atoms with Crippen LogP contribution in [0, 0.1) is 11.3 Å². The molecule has 0 amide bonds. The number of fused-ring (bicyclic) bond motifs is 2. The van der Waals surface area contributed by atoms with Gasteiger partial charge in [-0.25, -0.2) is 0 Å². The molecule has 0 aromatic carbocycles. The van der Waals surface area contributed by atoms with Crippen LogP contribution in [0.2, 0.25) is 0 Å². The summed E-state index contributed by atoms with van der Waals surface area (Å²) in [5.41, 5.74) is -0.511. The molecule has 0 saturated heterocycles. The number of Topliss-reactive ketones (excluding diaryl/α,β-unsaturated/α-hetero) is 1. The number of rotatable bonds is 3. The van der Waals surface area contributed by atoms with Crippen molar-refractivity contribution in [1.29, 1.82) is 0 Å². The van der Waals surface area contributed by atoms with Crippen LogP contribution >= 0.6 is 0 Å². The molecule has 0 aliphatic heterocycles. The van der Waals surface area contributed by atoms with Gasteiger partial charge in [-0.15, -0.1) is 0 Å². The molecule has 2 aliphatic carbocycles. The van der Waals surface area contributed by atoms with E-state index in [9.17, 15) is 13.2 Å². The van der Waals surface area contributed by atoms with Gasteiger partial charge in [0.25, 0.3) is 10.1 Å². The van der Waals surface area contributed by atoms with Gasteiger partial charge < -0.3 is 0 Å². The molecule has 0 aromatic rings. The minimum atomic E-state index is -3.75. The summed E-state index contributed by atoms with van der Waals surface area (Å²) in [4.78, 5) is 12.3. The molecular weight excluding hydrogens is 228 g/mol. The third-order valence-corrected chi connectivity index (χ3v) is 6.30. The van der Waals surface area contributed by atoms with E-state index >= 15 is 0 Å². The quantitative estimate of drug-likeness (QED) is 0.708. The van der Waals surface area contributed by atoms with Gasteiger partial charge in [-0.1, -0.05) is 13.8 Å². The summed E-state index contributed by atoms with van der Waals surface area (Å²) in [5.74, 6) is 0.0416. The van der Waals surface area contributed by atoms with E-state index < -0.39 is 20.3 Å². The molecule has 2 atom stereocenters. The van der Waals surface area contributed by atoms with Gasteiger partial charge >= 0.3 is 0 Å². The van der Waals surface area contributed by atoms with Crippen molar-refractivity contribution in [2.24, 2.45) is 11.3 Å². The molecule has 0 heterocycles. The maximum atomic E-state index is 12.3. The van der Waals surface area contributed by atoms with Crippen molar-refractivity contribution >= 4 is 15.9 Å². The summed E-state index contributed by atoms with van der Waals surface area (Å²) < 4.78 is 27.7. The Bertz CT molecular complexity index is 423. The van der Waals surface area contributed by atoms with E-state index in [1.54, 1.807) is 6.92 Å². The average Bonchev–Trinajstić information content (AvgIpc) is 2.68. The number of hydrogen-bond acceptors (Lipinski definition) is 4. The first-order valence-corrected chi connectivity index (χ1v) is 7.12. The summed E-state index contributed by atoms with van der Waals surface area (Å²) in [5, 5.41) is 0. The van der Waals surface area contributed by atoms with Gasteiger partial charge in [-0.05, 0) is 32.1 Å². The lowest BCUT2D eigenvalue weighted by Crippen LogP contribution is -2.48. The van der Waals surface area contributed by atoms with Crippen molar-refractivity contribution in [2.45, 2.75) is 44.8 Å². The van der Waals surface area contributed by atoms with E-state index in [1.165, 1.54) is 0 Å². The highest BCUT2D eigenvalue weighted by Crippen LogP contribution is 2.58. The first-order chi connectivity index (χ1) is 7.28. The largest absolute Gasteiger partial charge is 0.297 e. The number of carbonyl (C=O) groups excluding carboxylic acids is 1. The topological polar surface area (TPSA) is 60.4 Å². The maximum absolute atomic E-state index is 12.3. The second-order valence-electron chi connectivity index (χ2n) is 5.35. The summed E-state index contributed by atoms with van der Waals surface area (Å²) >= 11 is 0. The van der Waals surface area contributed by atoms with Crippen LogP contribution in [0.1, 0.15) is 40.0 Å². The van der Waals surface area contributed by atoms with E-state index in [2.05, 4.69) is 0 Å². The van der Waals surface area contributed by atoms with Crippen molar-refractivity contribution in [3.8, 4) is 0 Å². The van der Waals surface area contributed by atoms with Crippen molar-refractivity contribution in [3.05, 3.63) is 0 Å². The van der Waals surface area contributed by atoms with E-state index in [-0.39, 0.29) is 18.3 Å². The van der Waals surface area contributed by atoms with Crippen LogP contribution in [0.3, 0.4) is 0 Å². The molecule has 2 rings (SSSR count). The molecule has 2 unspecified atom stereocenters. The van der Waals surface area contributed by atoms with Crippen LogP contribution in [0.4, 0.5) is 0 Å². The van der Waals surface area contributed by atoms with Gasteiger partial charge in [0, 0.05) is 5.41 Å². The molecule has 5 heteroatoms. The van der Waals surface area contributed by atoms with Crippen molar-refractivity contribution in [1.82, 2.24) is 0 Å². The van der Waals surface area contributed by atoms with Gasteiger partial charge in [-0.2, -0.15) is 8.42 Å². The Labute approximate surface area is 96.5 Å². The molecule has 2 bridgehead atoms. The standard InChI is InChI=1S/C11H18O4S/c1-4-15-16(13,14)11-6-5-8(7-11)10(2,3)9(11)12/h8H,4-7H2,1-3H3. The SMILES string of the molecule is CCOS(=O)(=O)C12CCC(C1)C(C)(C)C2=O. The molecule has 2 fully saturated rings. The fourth-order valence-electron chi connectivity index (χ4n) is 3.21. The van der Waals surface area contributed by atoms with Gasteiger partial charge in [0.15, 0.2) is 10.5 Å². The zero-order valence-electron chi connectivity index (χ0n) is 9.95. The molecular formula is C11H18O4S. The fourth-order valence-corrected chi connectivity index (χ4v) is 5.01. The van der Waals surface area contributed by atoms with Crippen molar-refractivity contribution in [2.75, 3.05) is 6.61 Å². The fraction of sp³-hybridized carbons (Fsp3) is 0.909. The lowest BCUT2D eigenvalue weighted by molar-refractivity contribution is -0.129. The Kier molecular flexibility index (Phi) is 2.48. The van der Waals surface area contributed by atoms with E-state index in [4.69, 9.17) is 4.18 Å². The molecule has 2 saturated carbocycles. The van der Waals surface area contributed by atoms with Crippen LogP contribution in [0.15, 0.2) is 0 Å². The summed E-state index contributed by atoms with van der Waals surface area (Å²) in [6.07, 6.45) is 1.69. The number of hydrogen-bond donors (Lipinski definition) is 0. The predicted octanol–water partition coefficient (Wildman–Crippen LogP) is 1.50. The molecule has 0 aromatic heterocycles. The van der Waals surface area contributed by atoms with Crippen LogP contribution in [-0.2, 0) is 19.1 Å². The highest BCUT2D eigenvalue weighted by Gasteiger charge is 2.68. The zero-order chi connectivity index (χ0) is 12.2. The molecule has 92 valence electrons. The van der Waals surface area contributed by atoms with Crippen LogP contribution < -0.4 is 0 Å². The molecule has 0 N–H and O–H groups in total. The second-order valence-corrected chi connectivity index (χ2v) is 7.27. The zero-order valence-corrected chi connectivity index (χ0v) is 10.8. The van der Waals surface area contributed by atoms with E-state index in [1.807, 2.05) is 13.8 Å². The van der Waals surface area contributed by atoms with Gasteiger partial charge in [0.2, 0.25) is 0 Å². The normalized spacial score (nSPS) is 36.9. The summed E-state index contributed by atoms with van der Waals surface area (Å²) in [6.45, 7) is 5.43. The van der Waals surface area contributed by atoms with Gasteiger partial charge in [0.1, 0.15) is 0 Å². The maximum Gasteiger partial charge on any atom is 0.280 e. The highest BCUT2D eigenvalue weighted by molar-refractivity contribution is 7.89. The number of ketones is 1. The smallest absolute Gasteiger partial charge is 0.280 e. The van der Waals surface area contributed by atoms with E-state index in [0.29, 0.717) is 12.8 Å². The molecule has 16 heavy (non-hydrogen) atoms. The average molecular weight is 246 g/mol. The minimum absolute atomic E-state index is 0.0997. The second kappa shape index (κ2) is 3.29. The monoisotopic (exact) mass is 246 g/mol. The van der Waals surface area contributed by atoms with Gasteiger partial charge in [0.05, 0.1) is 6.61 Å². The Morgan fingerprint density at radius 2 is 2.06 bits per heavy atom. The molecule has 2 aliphatic rings. The summed E-state index contributed by atoms with van der Waals surface area (Å²) in [7, 11) is -3.75. The summed E-state index contributed by atoms with van der Waals surface area (Å²) in [6, 6.07) is 0. The van der Waals surface area contributed by atoms with Gasteiger partial charge in [-0.3, -0.25) is 8.98 Å². The van der Waals surface area contributed by atoms with E-state index in [0.717, 1.165) is 6.42 Å². The number of carbonyl (C=O) groups is 1. The Hall–Kier alpha value is -0.420. The van der Waals surface area contributed by atoms with Crippen LogP contribution in [0.5, 0.6) is 0 Å². The van der Waals surface area contributed by atoms with Crippen LogP contribution in [-0.4, -0.2) is 25.6 Å². The van der Waals surface area contributed by atoms with Crippen molar-refractivity contribution < 1.29 is 17.4 Å². The Morgan fingerprint density at radius 1 is 1.44 bits per heavy atom. The Morgan fingerprint density at radius 3 is 2.50 bits per heavy atom. The third-order valence-electron chi connectivity index (χ3n) is 4.24. The first kappa shape index (κ1) is 12.0. The molecule has 4 nitrogen and oxygen atoms in total. The van der Waals surface area contributed by atoms with Crippen LogP contribution in [0.25, 0.3) is 0 Å². The van der Waals surface area contributed by atoms with Crippen molar-refractivity contribution in [3.63, 3.8) is 0 Å². The predicted molar refractivity (Wildman–Crippen MR) is 59.4 cm³/mol.